The van der Waals surface area contributed by atoms with Gasteiger partial charge >= 0.3 is 0 Å². The number of aliphatic hydroxyl groups excluding tert-OH is 1. The standard InChI is InChI=1S/C23H30N4O3/c1-16-8-3-4-9-18(16)12-13-19-10-7-11-20(22(19)29)24-25-21-17(2)26-27(23(21)30)14-5-6-15-28/h4,7,9-11,24,28-29H,3,5-6,8,12-15H2,1-2H3/b25-21-. The molecule has 7 nitrogen and oxygen atoms in total. The van der Waals surface area contributed by atoms with Crippen molar-refractivity contribution in [2.75, 3.05) is 18.6 Å². The predicted molar refractivity (Wildman–Crippen MR) is 120 cm³/mol. The maximum atomic E-state index is 12.5. The molecule has 1 aromatic rings. The van der Waals surface area contributed by atoms with Crippen LogP contribution in [0.4, 0.5) is 5.69 Å². The van der Waals surface area contributed by atoms with Gasteiger partial charge < -0.3 is 10.2 Å². The summed E-state index contributed by atoms with van der Waals surface area (Å²) in [4.78, 5) is 12.5. The molecule has 3 rings (SSSR count). The highest BCUT2D eigenvalue weighted by Crippen LogP contribution is 2.30. The topological polar surface area (TPSA) is 97.5 Å². The van der Waals surface area contributed by atoms with Crippen molar-refractivity contribution in [2.24, 2.45) is 10.2 Å². The van der Waals surface area contributed by atoms with Crippen LogP contribution in [0.2, 0.25) is 0 Å². The Morgan fingerprint density at radius 3 is 2.83 bits per heavy atom. The molecule has 1 amide bonds. The number of aromatic hydroxyl groups is 1. The van der Waals surface area contributed by atoms with E-state index >= 15 is 0 Å². The number of anilines is 1. The minimum atomic E-state index is -0.278. The predicted octanol–water partition coefficient (Wildman–Crippen LogP) is 3.75. The minimum absolute atomic E-state index is 0.0932. The van der Waals surface area contributed by atoms with Gasteiger partial charge in [0.05, 0.1) is 11.4 Å². The van der Waals surface area contributed by atoms with Crippen molar-refractivity contribution >= 4 is 23.0 Å². The molecular weight excluding hydrogens is 380 g/mol. The number of hydrogen-bond acceptors (Lipinski definition) is 6. The van der Waals surface area contributed by atoms with Crippen molar-refractivity contribution < 1.29 is 15.0 Å². The van der Waals surface area contributed by atoms with Crippen molar-refractivity contribution in [3.63, 3.8) is 0 Å². The molecule has 7 heteroatoms. The number of allylic oxidation sites excluding steroid dienone is 4. The van der Waals surface area contributed by atoms with Crippen LogP contribution in [0.3, 0.4) is 0 Å². The van der Waals surface area contributed by atoms with Gasteiger partial charge in [-0.1, -0.05) is 29.9 Å². The summed E-state index contributed by atoms with van der Waals surface area (Å²) < 4.78 is 0. The van der Waals surface area contributed by atoms with Crippen LogP contribution >= 0.6 is 0 Å². The molecular formula is C23H30N4O3. The molecule has 1 aromatic carbocycles. The number of amides is 1. The van der Waals surface area contributed by atoms with Gasteiger partial charge in [-0.25, -0.2) is 5.01 Å². The Morgan fingerprint density at radius 2 is 2.07 bits per heavy atom. The van der Waals surface area contributed by atoms with Crippen molar-refractivity contribution in [3.05, 3.63) is 47.1 Å². The van der Waals surface area contributed by atoms with Crippen LogP contribution in [0.1, 0.15) is 51.5 Å². The van der Waals surface area contributed by atoms with Gasteiger partial charge in [-0.05, 0) is 69.6 Å². The highest BCUT2D eigenvalue weighted by Gasteiger charge is 2.29. The van der Waals surface area contributed by atoms with Crippen LogP contribution in [0.5, 0.6) is 5.75 Å². The van der Waals surface area contributed by atoms with E-state index in [1.165, 1.54) is 16.2 Å². The molecule has 160 valence electrons. The third-order valence-corrected chi connectivity index (χ3v) is 5.45. The normalized spacial score (nSPS) is 17.8. The minimum Gasteiger partial charge on any atom is -0.505 e. The number of aliphatic hydroxyl groups is 1. The summed E-state index contributed by atoms with van der Waals surface area (Å²) in [6, 6.07) is 5.51. The van der Waals surface area contributed by atoms with Gasteiger partial charge in [-0.15, -0.1) is 0 Å². The number of unbranched alkanes of at least 4 members (excludes halogenated alkanes) is 1. The number of phenols is 1. The molecule has 0 radical (unpaired) electrons. The second-order valence-corrected chi connectivity index (χ2v) is 7.68. The lowest BCUT2D eigenvalue weighted by Gasteiger charge is -2.14. The summed E-state index contributed by atoms with van der Waals surface area (Å²) in [7, 11) is 0. The van der Waals surface area contributed by atoms with Crippen LogP contribution in [0.25, 0.3) is 0 Å². The number of carbonyl (C=O) groups is 1. The molecule has 1 heterocycles. The average Bonchev–Trinajstić information content (AvgIpc) is 3.00. The molecule has 0 unspecified atom stereocenters. The van der Waals surface area contributed by atoms with Crippen LogP contribution in [0.15, 0.2) is 51.7 Å². The number of nitrogens with zero attached hydrogens (tertiary/aromatic N) is 3. The Hall–Kier alpha value is -2.93. The molecule has 0 atom stereocenters. The average molecular weight is 411 g/mol. The third kappa shape index (κ3) is 5.16. The van der Waals surface area contributed by atoms with Gasteiger partial charge in [0.15, 0.2) is 5.71 Å². The zero-order valence-corrected chi connectivity index (χ0v) is 17.7. The van der Waals surface area contributed by atoms with E-state index in [0.29, 0.717) is 30.8 Å². The molecule has 0 aromatic heterocycles. The van der Waals surface area contributed by atoms with E-state index in [1.54, 1.807) is 13.0 Å². The Kier molecular flexibility index (Phi) is 7.41. The zero-order valence-electron chi connectivity index (χ0n) is 17.7. The number of carbonyl (C=O) groups excluding carboxylic acids is 1. The number of aryl methyl sites for hydroxylation is 1. The number of hydrazone groups is 2. The summed E-state index contributed by atoms with van der Waals surface area (Å²) in [6.45, 7) is 4.44. The van der Waals surface area contributed by atoms with Crippen LogP contribution in [-0.2, 0) is 11.2 Å². The molecule has 30 heavy (non-hydrogen) atoms. The van der Waals surface area contributed by atoms with Gasteiger partial charge in [-0.3, -0.25) is 10.2 Å². The van der Waals surface area contributed by atoms with Crippen molar-refractivity contribution in [1.82, 2.24) is 5.01 Å². The lowest BCUT2D eigenvalue weighted by Crippen LogP contribution is -2.29. The number of rotatable bonds is 9. The Labute approximate surface area is 177 Å². The molecule has 0 saturated carbocycles. The van der Waals surface area contributed by atoms with E-state index in [-0.39, 0.29) is 24.0 Å². The Morgan fingerprint density at radius 1 is 1.23 bits per heavy atom. The van der Waals surface area contributed by atoms with E-state index in [1.807, 2.05) is 12.1 Å². The molecule has 2 aliphatic rings. The van der Waals surface area contributed by atoms with E-state index < -0.39 is 0 Å². The molecule has 0 bridgehead atoms. The fourth-order valence-electron chi connectivity index (χ4n) is 3.60. The number of benzene rings is 1. The lowest BCUT2D eigenvalue weighted by atomic mass is 9.94. The summed E-state index contributed by atoms with van der Waals surface area (Å²) in [5.74, 6) is -0.125. The van der Waals surface area contributed by atoms with E-state index in [9.17, 15) is 9.90 Å². The van der Waals surface area contributed by atoms with Gasteiger partial charge in [-0.2, -0.15) is 10.2 Å². The smallest absolute Gasteiger partial charge is 0.296 e. The van der Waals surface area contributed by atoms with Crippen LogP contribution in [0, 0.1) is 0 Å². The SMILES string of the molecule is CC1=NN(CCCCO)C(=O)/C1=N\Nc1cccc(CCC2=C(C)CCC=C2)c1O. The van der Waals surface area contributed by atoms with Crippen LogP contribution < -0.4 is 5.43 Å². The van der Waals surface area contributed by atoms with E-state index in [0.717, 1.165) is 31.2 Å². The van der Waals surface area contributed by atoms with Crippen molar-refractivity contribution in [1.29, 1.82) is 0 Å². The molecule has 0 fully saturated rings. The Balaban J connectivity index is 1.66. The third-order valence-electron chi connectivity index (χ3n) is 5.45. The summed E-state index contributed by atoms with van der Waals surface area (Å²) in [6.07, 6.45) is 9.48. The summed E-state index contributed by atoms with van der Waals surface area (Å²) in [5.41, 5.74) is 7.65. The maximum absolute atomic E-state index is 12.5. The summed E-state index contributed by atoms with van der Waals surface area (Å²) in [5, 5.41) is 29.4. The van der Waals surface area contributed by atoms with Crippen molar-refractivity contribution in [2.45, 2.75) is 52.4 Å². The number of phenolic OH excluding ortho intramolecular Hbond substituents is 1. The number of hydrogen-bond donors (Lipinski definition) is 3. The highest BCUT2D eigenvalue weighted by atomic mass is 16.3. The first-order valence-corrected chi connectivity index (χ1v) is 10.5. The van der Waals surface area contributed by atoms with Gasteiger partial charge in [0, 0.05) is 13.2 Å². The molecule has 0 spiro atoms. The number of nitrogens with one attached hydrogen (secondary N) is 1. The fourth-order valence-corrected chi connectivity index (χ4v) is 3.60. The van der Waals surface area contributed by atoms with Gasteiger partial charge in [0.1, 0.15) is 5.75 Å². The molecule has 1 aliphatic heterocycles. The largest absolute Gasteiger partial charge is 0.505 e. The zero-order chi connectivity index (χ0) is 21.5. The van der Waals surface area contributed by atoms with E-state index in [4.69, 9.17) is 5.11 Å². The summed E-state index contributed by atoms with van der Waals surface area (Å²) >= 11 is 0. The molecule has 1 aliphatic carbocycles. The maximum Gasteiger partial charge on any atom is 0.296 e. The quantitative estimate of drug-likeness (QED) is 0.328. The number of para-hydroxylation sites is 1. The molecule has 0 saturated heterocycles. The second kappa shape index (κ2) is 10.2. The van der Waals surface area contributed by atoms with E-state index in [2.05, 4.69) is 34.7 Å². The monoisotopic (exact) mass is 410 g/mol. The first kappa shape index (κ1) is 21.8. The lowest BCUT2D eigenvalue weighted by molar-refractivity contribution is -0.123. The first-order valence-electron chi connectivity index (χ1n) is 10.5. The van der Waals surface area contributed by atoms with Gasteiger partial charge in [0.2, 0.25) is 0 Å². The molecule has 3 N–H and O–H groups in total. The van der Waals surface area contributed by atoms with Gasteiger partial charge in [0.25, 0.3) is 5.91 Å². The Bertz CT molecular complexity index is 915. The highest BCUT2D eigenvalue weighted by molar-refractivity contribution is 6.68. The van der Waals surface area contributed by atoms with Crippen LogP contribution in [-0.4, -0.2) is 45.7 Å². The fraction of sp³-hybridized carbons (Fsp3) is 0.435. The second-order valence-electron chi connectivity index (χ2n) is 7.68. The van der Waals surface area contributed by atoms with Crippen molar-refractivity contribution in [3.8, 4) is 5.75 Å². The first-order chi connectivity index (χ1) is 14.5.